The topological polar surface area (TPSA) is 55.4 Å². The largest absolute Gasteiger partial charge is 0.497 e. The fraction of sp³-hybridized carbons (Fsp3) is 0.143. The van der Waals surface area contributed by atoms with Crippen LogP contribution >= 0.6 is 11.3 Å². The van der Waals surface area contributed by atoms with Gasteiger partial charge in [-0.25, -0.2) is 0 Å². The highest BCUT2D eigenvalue weighted by molar-refractivity contribution is 7.16. The Kier molecular flexibility index (Phi) is 3.97. The minimum Gasteiger partial charge on any atom is -0.497 e. The first kappa shape index (κ1) is 13.3. The maximum Gasteiger partial charge on any atom is 0.265 e. The van der Waals surface area contributed by atoms with E-state index in [1.54, 1.807) is 43.5 Å². The molecule has 1 aromatic heterocycles. The molecule has 0 spiro atoms. The van der Waals surface area contributed by atoms with Crippen LogP contribution in [0.2, 0.25) is 0 Å². The van der Waals surface area contributed by atoms with E-state index in [0.29, 0.717) is 15.4 Å². The second kappa shape index (κ2) is 5.67. The number of anilines is 1. The summed E-state index contributed by atoms with van der Waals surface area (Å²) in [5, 5.41) is 2.77. The Hall–Kier alpha value is -2.14. The first-order chi connectivity index (χ1) is 9.10. The summed E-state index contributed by atoms with van der Waals surface area (Å²) >= 11 is 1.19. The molecule has 0 unspecified atom stereocenters. The van der Waals surface area contributed by atoms with Crippen molar-refractivity contribution in [1.82, 2.24) is 0 Å². The van der Waals surface area contributed by atoms with Crippen LogP contribution in [-0.4, -0.2) is 18.8 Å². The van der Waals surface area contributed by atoms with Crippen molar-refractivity contribution in [3.63, 3.8) is 0 Å². The van der Waals surface area contributed by atoms with Crippen molar-refractivity contribution < 1.29 is 14.3 Å². The molecular formula is C14H13NO3S. The van der Waals surface area contributed by atoms with Crippen LogP contribution in [0.3, 0.4) is 0 Å². The number of Topliss-reactive ketones (excluding diaryl/α,β-unsaturated/α-hetero) is 1. The van der Waals surface area contributed by atoms with E-state index in [1.807, 2.05) is 0 Å². The van der Waals surface area contributed by atoms with Crippen LogP contribution in [0.15, 0.2) is 36.4 Å². The molecule has 1 amide bonds. The van der Waals surface area contributed by atoms with Crippen LogP contribution in [0.25, 0.3) is 0 Å². The third-order valence-corrected chi connectivity index (χ3v) is 3.71. The number of ether oxygens (including phenoxy) is 1. The predicted molar refractivity (Wildman–Crippen MR) is 75.3 cm³/mol. The molecule has 0 saturated heterocycles. The van der Waals surface area contributed by atoms with Gasteiger partial charge in [-0.3, -0.25) is 9.59 Å². The minimum absolute atomic E-state index is 0.0338. The van der Waals surface area contributed by atoms with Crippen molar-refractivity contribution >= 4 is 28.7 Å². The Morgan fingerprint density at radius 2 is 1.68 bits per heavy atom. The number of carbonyl (C=O) groups excluding carboxylic acids is 2. The van der Waals surface area contributed by atoms with E-state index in [-0.39, 0.29) is 11.7 Å². The van der Waals surface area contributed by atoms with E-state index in [9.17, 15) is 9.59 Å². The molecule has 19 heavy (non-hydrogen) atoms. The molecule has 0 atom stereocenters. The van der Waals surface area contributed by atoms with Gasteiger partial charge in [-0.05, 0) is 43.3 Å². The predicted octanol–water partition coefficient (Wildman–Crippen LogP) is 3.21. The van der Waals surface area contributed by atoms with Crippen molar-refractivity contribution in [3.8, 4) is 5.75 Å². The summed E-state index contributed by atoms with van der Waals surface area (Å²) in [6.45, 7) is 1.48. The van der Waals surface area contributed by atoms with Crippen LogP contribution in [-0.2, 0) is 0 Å². The number of hydrogen-bond donors (Lipinski definition) is 1. The Bertz CT molecular complexity index is 601. The second-order valence-corrected chi connectivity index (χ2v) is 4.99. The minimum atomic E-state index is -0.220. The SMILES string of the molecule is COc1ccc(NC(=O)c2ccc(C(C)=O)s2)cc1. The molecule has 0 aliphatic rings. The number of carbonyl (C=O) groups is 2. The van der Waals surface area contributed by atoms with Gasteiger partial charge in [-0.1, -0.05) is 0 Å². The van der Waals surface area contributed by atoms with E-state index in [2.05, 4.69) is 5.32 Å². The molecule has 5 heteroatoms. The van der Waals surface area contributed by atoms with Gasteiger partial charge in [0, 0.05) is 5.69 Å². The zero-order valence-electron chi connectivity index (χ0n) is 10.6. The number of benzene rings is 1. The molecule has 2 rings (SSSR count). The number of nitrogens with one attached hydrogen (secondary N) is 1. The van der Waals surface area contributed by atoms with Crippen LogP contribution in [0.1, 0.15) is 26.3 Å². The number of thiophene rings is 1. The number of amides is 1. The standard InChI is InChI=1S/C14H13NO3S/c1-9(16)12-7-8-13(19-12)14(17)15-10-3-5-11(18-2)6-4-10/h3-8H,1-2H3,(H,15,17). The fourth-order valence-electron chi connectivity index (χ4n) is 1.52. The molecule has 4 nitrogen and oxygen atoms in total. The summed E-state index contributed by atoms with van der Waals surface area (Å²) < 4.78 is 5.04. The van der Waals surface area contributed by atoms with Crippen LogP contribution < -0.4 is 10.1 Å². The molecule has 2 aromatic rings. The summed E-state index contributed by atoms with van der Waals surface area (Å²) in [7, 11) is 1.59. The molecule has 0 fully saturated rings. The van der Waals surface area contributed by atoms with Crippen LogP contribution in [0.5, 0.6) is 5.75 Å². The molecule has 0 bridgehead atoms. The molecular weight excluding hydrogens is 262 g/mol. The van der Waals surface area contributed by atoms with Crippen LogP contribution in [0.4, 0.5) is 5.69 Å². The third-order valence-electron chi connectivity index (χ3n) is 2.52. The number of methoxy groups -OCH3 is 1. The van der Waals surface area contributed by atoms with Gasteiger partial charge in [0.25, 0.3) is 5.91 Å². The lowest BCUT2D eigenvalue weighted by Gasteiger charge is -2.04. The summed E-state index contributed by atoms with van der Waals surface area (Å²) in [4.78, 5) is 24.2. The monoisotopic (exact) mass is 275 g/mol. The van der Waals surface area contributed by atoms with Gasteiger partial charge in [-0.2, -0.15) is 0 Å². The van der Waals surface area contributed by atoms with Gasteiger partial charge in [0.15, 0.2) is 5.78 Å². The molecule has 0 aliphatic heterocycles. The smallest absolute Gasteiger partial charge is 0.265 e. The molecule has 0 saturated carbocycles. The van der Waals surface area contributed by atoms with E-state index < -0.39 is 0 Å². The van der Waals surface area contributed by atoms with Crippen molar-refractivity contribution in [2.45, 2.75) is 6.92 Å². The molecule has 0 radical (unpaired) electrons. The lowest BCUT2D eigenvalue weighted by molar-refractivity contribution is 0.101. The fourth-order valence-corrected chi connectivity index (χ4v) is 2.31. The lowest BCUT2D eigenvalue weighted by atomic mass is 10.3. The van der Waals surface area contributed by atoms with Crippen molar-refractivity contribution in [2.24, 2.45) is 0 Å². The first-order valence-electron chi connectivity index (χ1n) is 5.66. The maximum absolute atomic E-state index is 12.0. The zero-order chi connectivity index (χ0) is 13.8. The number of ketones is 1. The Labute approximate surface area is 115 Å². The number of rotatable bonds is 4. The molecule has 1 N–H and O–H groups in total. The Balaban J connectivity index is 2.08. The normalized spacial score (nSPS) is 10.0. The van der Waals surface area contributed by atoms with Gasteiger partial charge in [0.1, 0.15) is 5.75 Å². The van der Waals surface area contributed by atoms with E-state index in [1.165, 1.54) is 18.3 Å². The van der Waals surface area contributed by atoms with Gasteiger partial charge in [0.05, 0.1) is 16.9 Å². The maximum atomic E-state index is 12.0. The van der Waals surface area contributed by atoms with Crippen molar-refractivity contribution in [1.29, 1.82) is 0 Å². The highest BCUT2D eigenvalue weighted by atomic mass is 32.1. The highest BCUT2D eigenvalue weighted by Gasteiger charge is 2.11. The second-order valence-electron chi connectivity index (χ2n) is 3.90. The van der Waals surface area contributed by atoms with Gasteiger partial charge < -0.3 is 10.1 Å². The first-order valence-corrected chi connectivity index (χ1v) is 6.48. The van der Waals surface area contributed by atoms with Gasteiger partial charge >= 0.3 is 0 Å². The van der Waals surface area contributed by atoms with Crippen molar-refractivity contribution in [2.75, 3.05) is 12.4 Å². The third kappa shape index (κ3) is 3.20. The summed E-state index contributed by atoms with van der Waals surface area (Å²) in [6, 6.07) is 10.4. The van der Waals surface area contributed by atoms with Crippen molar-refractivity contribution in [3.05, 3.63) is 46.2 Å². The summed E-state index contributed by atoms with van der Waals surface area (Å²) in [5.74, 6) is 0.476. The van der Waals surface area contributed by atoms with E-state index in [4.69, 9.17) is 4.74 Å². The van der Waals surface area contributed by atoms with Gasteiger partial charge in [-0.15, -0.1) is 11.3 Å². The Morgan fingerprint density at radius 3 is 2.21 bits per heavy atom. The average Bonchev–Trinajstić information content (AvgIpc) is 2.89. The average molecular weight is 275 g/mol. The molecule has 98 valence electrons. The molecule has 0 aliphatic carbocycles. The number of hydrogen-bond acceptors (Lipinski definition) is 4. The quantitative estimate of drug-likeness (QED) is 0.872. The van der Waals surface area contributed by atoms with Gasteiger partial charge in [0.2, 0.25) is 0 Å². The van der Waals surface area contributed by atoms with E-state index in [0.717, 1.165) is 5.75 Å². The Morgan fingerprint density at radius 1 is 1.05 bits per heavy atom. The summed E-state index contributed by atoms with van der Waals surface area (Å²) in [6.07, 6.45) is 0. The highest BCUT2D eigenvalue weighted by Crippen LogP contribution is 2.20. The molecule has 1 heterocycles. The molecule has 1 aromatic carbocycles. The van der Waals surface area contributed by atoms with Crippen LogP contribution in [0, 0.1) is 0 Å². The zero-order valence-corrected chi connectivity index (χ0v) is 11.4. The van der Waals surface area contributed by atoms with E-state index >= 15 is 0 Å². The lowest BCUT2D eigenvalue weighted by Crippen LogP contribution is -2.09. The summed E-state index contributed by atoms with van der Waals surface area (Å²) in [5.41, 5.74) is 0.684.